The van der Waals surface area contributed by atoms with Gasteiger partial charge in [-0.25, -0.2) is 0 Å². The van der Waals surface area contributed by atoms with Crippen LogP contribution in [0, 0.1) is 0 Å². The Morgan fingerprint density at radius 1 is 1.29 bits per heavy atom. The van der Waals surface area contributed by atoms with Crippen molar-refractivity contribution in [2.75, 3.05) is 18.6 Å². The van der Waals surface area contributed by atoms with Gasteiger partial charge in [-0.2, -0.15) is 0 Å². The first kappa shape index (κ1) is 13.4. The Labute approximate surface area is 102 Å². The molecule has 0 heterocycles. The molecule has 0 aliphatic rings. The summed E-state index contributed by atoms with van der Waals surface area (Å²) >= 11 is 0. The summed E-state index contributed by atoms with van der Waals surface area (Å²) in [4.78, 5) is 12.6. The van der Waals surface area contributed by atoms with Gasteiger partial charge in [-0.1, -0.05) is 0 Å². The van der Waals surface area contributed by atoms with Crippen LogP contribution >= 0.6 is 0 Å². The van der Waals surface area contributed by atoms with Gasteiger partial charge in [0.05, 0.1) is 19.6 Å². The fraction of sp³-hybridized carbons (Fsp3) is 0.462. The van der Waals surface area contributed by atoms with Crippen molar-refractivity contribution in [2.24, 2.45) is 0 Å². The summed E-state index contributed by atoms with van der Waals surface area (Å²) in [6, 6.07) is 7.30. The minimum Gasteiger partial charge on any atom is -0.548 e. The highest BCUT2D eigenvalue weighted by molar-refractivity contribution is 5.72. The maximum absolute atomic E-state index is 10.8. The van der Waals surface area contributed by atoms with Gasteiger partial charge in [-0.3, -0.25) is 0 Å². The number of hydrogen-bond acceptors (Lipinski definition) is 4. The average molecular weight is 236 g/mol. The van der Waals surface area contributed by atoms with Gasteiger partial charge in [-0.05, 0) is 45.0 Å². The molecular weight excluding hydrogens is 218 g/mol. The van der Waals surface area contributed by atoms with Crippen molar-refractivity contribution in [1.29, 1.82) is 0 Å². The van der Waals surface area contributed by atoms with Crippen molar-refractivity contribution >= 4 is 11.7 Å². The van der Waals surface area contributed by atoms with E-state index in [-0.39, 0.29) is 12.1 Å². The molecule has 0 saturated heterocycles. The lowest BCUT2D eigenvalue weighted by atomic mass is 10.0. The van der Waals surface area contributed by atoms with Crippen molar-refractivity contribution in [1.82, 2.24) is 0 Å². The standard InChI is InChI=1S/C13H19NO3/c1-13(2,3)14(9-12(15)16)10-5-7-11(17-4)8-6-10/h5-8H,9H2,1-4H3,(H,15,16)/p-1. The first-order valence-corrected chi connectivity index (χ1v) is 5.46. The van der Waals surface area contributed by atoms with Crippen LogP contribution in [-0.2, 0) is 4.79 Å². The molecule has 0 radical (unpaired) electrons. The topological polar surface area (TPSA) is 52.6 Å². The Bertz CT molecular complexity index is 379. The lowest BCUT2D eigenvalue weighted by Crippen LogP contribution is -2.48. The SMILES string of the molecule is COc1ccc(N(CC(=O)[O-])C(C)(C)C)cc1. The van der Waals surface area contributed by atoms with Crippen LogP contribution in [0.15, 0.2) is 24.3 Å². The van der Waals surface area contributed by atoms with Crippen LogP contribution < -0.4 is 14.7 Å². The highest BCUT2D eigenvalue weighted by Crippen LogP contribution is 2.25. The second-order valence-electron chi connectivity index (χ2n) is 4.83. The Kier molecular flexibility index (Phi) is 3.99. The summed E-state index contributed by atoms with van der Waals surface area (Å²) < 4.78 is 5.07. The van der Waals surface area contributed by atoms with Gasteiger partial charge >= 0.3 is 0 Å². The van der Waals surface area contributed by atoms with E-state index < -0.39 is 5.97 Å². The molecule has 0 atom stereocenters. The van der Waals surface area contributed by atoms with E-state index >= 15 is 0 Å². The molecule has 4 heteroatoms. The summed E-state index contributed by atoms with van der Waals surface area (Å²) in [5.74, 6) is -0.341. The molecule has 1 aromatic carbocycles. The van der Waals surface area contributed by atoms with Crippen LogP contribution in [0.2, 0.25) is 0 Å². The van der Waals surface area contributed by atoms with Gasteiger partial charge in [0, 0.05) is 11.2 Å². The molecule has 0 amide bonds. The predicted octanol–water partition coefficient (Wildman–Crippen LogP) is 1.05. The molecule has 0 fully saturated rings. The number of carbonyl (C=O) groups is 1. The van der Waals surface area contributed by atoms with Crippen LogP contribution in [0.4, 0.5) is 5.69 Å². The second-order valence-corrected chi connectivity index (χ2v) is 4.83. The van der Waals surface area contributed by atoms with Crippen molar-refractivity contribution in [3.05, 3.63) is 24.3 Å². The minimum absolute atomic E-state index is 0.129. The summed E-state index contributed by atoms with van der Waals surface area (Å²) in [6.45, 7) is 5.75. The highest BCUT2D eigenvalue weighted by Gasteiger charge is 2.21. The van der Waals surface area contributed by atoms with Gasteiger partial charge in [-0.15, -0.1) is 0 Å². The van der Waals surface area contributed by atoms with Crippen molar-refractivity contribution in [3.63, 3.8) is 0 Å². The van der Waals surface area contributed by atoms with Crippen molar-refractivity contribution in [3.8, 4) is 5.75 Å². The van der Waals surface area contributed by atoms with E-state index in [2.05, 4.69) is 0 Å². The Balaban J connectivity index is 3.00. The van der Waals surface area contributed by atoms with Gasteiger partial charge in [0.15, 0.2) is 0 Å². The molecule has 4 nitrogen and oxygen atoms in total. The van der Waals surface area contributed by atoms with Crippen LogP contribution in [0.25, 0.3) is 0 Å². The number of carboxylic acids is 1. The minimum atomic E-state index is -1.09. The smallest absolute Gasteiger partial charge is 0.119 e. The van der Waals surface area contributed by atoms with E-state index in [0.717, 1.165) is 11.4 Å². The van der Waals surface area contributed by atoms with Crippen molar-refractivity contribution < 1.29 is 14.6 Å². The molecule has 0 aromatic heterocycles. The third kappa shape index (κ3) is 3.66. The molecule has 0 aliphatic heterocycles. The highest BCUT2D eigenvalue weighted by atomic mass is 16.5. The van der Waals surface area contributed by atoms with Crippen LogP contribution in [-0.4, -0.2) is 25.2 Å². The zero-order valence-corrected chi connectivity index (χ0v) is 10.7. The molecule has 0 unspecified atom stereocenters. The fourth-order valence-corrected chi connectivity index (χ4v) is 1.61. The molecule has 0 saturated carbocycles. The summed E-state index contributed by atoms with van der Waals surface area (Å²) in [6.07, 6.45) is 0. The molecule has 0 bridgehead atoms. The number of aliphatic carboxylic acids is 1. The first-order chi connectivity index (χ1) is 7.84. The van der Waals surface area contributed by atoms with Gasteiger partial charge < -0.3 is 19.5 Å². The molecule has 1 aromatic rings. The summed E-state index contributed by atoms with van der Waals surface area (Å²) in [5.41, 5.74) is 0.553. The Morgan fingerprint density at radius 2 is 1.82 bits per heavy atom. The maximum atomic E-state index is 10.8. The Morgan fingerprint density at radius 3 is 2.18 bits per heavy atom. The largest absolute Gasteiger partial charge is 0.548 e. The number of carboxylic acid groups (broad SMARTS) is 1. The molecule has 0 aliphatic carbocycles. The molecule has 17 heavy (non-hydrogen) atoms. The zero-order valence-electron chi connectivity index (χ0n) is 10.7. The quantitative estimate of drug-likeness (QED) is 0.784. The zero-order chi connectivity index (χ0) is 13.1. The molecular formula is C13H18NO3-. The van der Waals surface area contributed by atoms with Crippen LogP contribution in [0.5, 0.6) is 5.75 Å². The second kappa shape index (κ2) is 5.08. The average Bonchev–Trinajstić information content (AvgIpc) is 2.24. The molecule has 0 N–H and O–H groups in total. The fourth-order valence-electron chi connectivity index (χ4n) is 1.61. The molecule has 1 rings (SSSR count). The number of methoxy groups -OCH3 is 1. The number of hydrogen-bond donors (Lipinski definition) is 0. The number of anilines is 1. The lowest BCUT2D eigenvalue weighted by molar-refractivity contribution is -0.303. The lowest BCUT2D eigenvalue weighted by Gasteiger charge is -2.38. The van der Waals surface area contributed by atoms with E-state index in [1.165, 1.54) is 0 Å². The summed E-state index contributed by atoms with van der Waals surface area (Å²) in [5, 5.41) is 10.8. The number of nitrogens with zero attached hydrogens (tertiary/aromatic N) is 1. The number of carbonyl (C=O) groups excluding carboxylic acids is 1. The maximum Gasteiger partial charge on any atom is 0.119 e. The number of rotatable bonds is 4. The van der Waals surface area contributed by atoms with Gasteiger partial charge in [0.1, 0.15) is 5.75 Å². The number of benzene rings is 1. The van der Waals surface area contributed by atoms with Crippen LogP contribution in [0.1, 0.15) is 20.8 Å². The predicted molar refractivity (Wildman–Crippen MR) is 65.1 cm³/mol. The van der Waals surface area contributed by atoms with Gasteiger partial charge in [0.25, 0.3) is 0 Å². The first-order valence-electron chi connectivity index (χ1n) is 5.46. The van der Waals surface area contributed by atoms with E-state index in [0.29, 0.717) is 0 Å². The normalized spacial score (nSPS) is 11.1. The Hall–Kier alpha value is -1.71. The third-order valence-corrected chi connectivity index (χ3v) is 2.48. The van der Waals surface area contributed by atoms with Crippen LogP contribution in [0.3, 0.4) is 0 Å². The van der Waals surface area contributed by atoms with E-state index in [1.54, 1.807) is 12.0 Å². The third-order valence-electron chi connectivity index (χ3n) is 2.48. The monoisotopic (exact) mass is 236 g/mol. The van der Waals surface area contributed by atoms with E-state index in [1.807, 2.05) is 45.0 Å². The van der Waals surface area contributed by atoms with Crippen molar-refractivity contribution in [2.45, 2.75) is 26.3 Å². The van der Waals surface area contributed by atoms with E-state index in [9.17, 15) is 9.90 Å². The van der Waals surface area contributed by atoms with E-state index in [4.69, 9.17) is 4.74 Å². The number of ether oxygens (including phenoxy) is 1. The molecule has 94 valence electrons. The molecule has 0 spiro atoms. The van der Waals surface area contributed by atoms with Gasteiger partial charge in [0.2, 0.25) is 0 Å². The summed E-state index contributed by atoms with van der Waals surface area (Å²) in [7, 11) is 1.59.